The van der Waals surface area contributed by atoms with E-state index in [0.717, 1.165) is 0 Å². The first kappa shape index (κ1) is 9.25. The Hall–Kier alpha value is -1.84. The van der Waals surface area contributed by atoms with Gasteiger partial charge in [0.25, 0.3) is 0 Å². The number of aromatic carboxylic acids is 2. The molecule has 0 aliphatic rings. The van der Waals surface area contributed by atoms with Crippen LogP contribution in [0, 0.1) is 6.92 Å². The van der Waals surface area contributed by atoms with E-state index in [-0.39, 0.29) is 16.7 Å². The van der Waals surface area contributed by atoms with Gasteiger partial charge in [-0.1, -0.05) is 0 Å². The molecule has 0 heterocycles. The lowest BCUT2D eigenvalue weighted by atomic mass is 10.1. The van der Waals surface area contributed by atoms with Crippen molar-refractivity contribution in [3.05, 3.63) is 41.8 Å². The van der Waals surface area contributed by atoms with Crippen LogP contribution in [0.3, 0.4) is 0 Å². The Labute approximate surface area is 74.4 Å². The Morgan fingerprint density at radius 1 is 1.15 bits per heavy atom. The third kappa shape index (κ3) is 1.84. The van der Waals surface area contributed by atoms with Crippen molar-refractivity contribution in [1.82, 2.24) is 0 Å². The molecule has 0 aliphatic carbocycles. The van der Waals surface area contributed by atoms with E-state index in [4.69, 9.17) is 10.2 Å². The summed E-state index contributed by atoms with van der Waals surface area (Å²) in [6.45, 7) is 3.44. The number of carboxylic acid groups (broad SMARTS) is 2. The molecule has 0 atom stereocenters. The Kier molecular flexibility index (Phi) is 2.32. The summed E-state index contributed by atoms with van der Waals surface area (Å²) in [5, 5.41) is 17.2. The molecule has 13 heavy (non-hydrogen) atoms. The molecule has 0 saturated carbocycles. The standard InChI is InChI=1S/C9H7O4/c1-5-4-6(8(10)11)2-3-7(5)9(12)13/h2-4H,1H2,(H,10,11)(H,12,13). The molecular weight excluding hydrogens is 172 g/mol. The summed E-state index contributed by atoms with van der Waals surface area (Å²) in [7, 11) is 0. The quantitative estimate of drug-likeness (QED) is 0.716. The highest BCUT2D eigenvalue weighted by Crippen LogP contribution is 2.10. The highest BCUT2D eigenvalue weighted by Gasteiger charge is 2.09. The highest BCUT2D eigenvalue weighted by molar-refractivity contribution is 5.93. The largest absolute Gasteiger partial charge is 0.478 e. The SMILES string of the molecule is [CH2]c1cc(C(=O)O)ccc1C(=O)O. The molecule has 0 aromatic heterocycles. The van der Waals surface area contributed by atoms with Crippen molar-refractivity contribution in [1.29, 1.82) is 0 Å². The first-order chi connectivity index (χ1) is 6.02. The Morgan fingerprint density at radius 2 is 1.77 bits per heavy atom. The normalized spacial score (nSPS) is 9.62. The second kappa shape index (κ2) is 3.26. The average Bonchev–Trinajstić information content (AvgIpc) is 2.03. The van der Waals surface area contributed by atoms with Crippen molar-refractivity contribution in [3.8, 4) is 0 Å². The molecule has 0 aliphatic heterocycles. The molecule has 1 aromatic carbocycles. The lowest BCUT2D eigenvalue weighted by molar-refractivity contribution is 0.0681. The summed E-state index contributed by atoms with van der Waals surface area (Å²) in [6, 6.07) is 3.69. The first-order valence-corrected chi connectivity index (χ1v) is 3.45. The van der Waals surface area contributed by atoms with Gasteiger partial charge in [0.15, 0.2) is 0 Å². The second-order valence-electron chi connectivity index (χ2n) is 2.48. The van der Waals surface area contributed by atoms with Crippen LogP contribution >= 0.6 is 0 Å². The second-order valence-corrected chi connectivity index (χ2v) is 2.48. The van der Waals surface area contributed by atoms with E-state index in [0.29, 0.717) is 0 Å². The fourth-order valence-electron chi connectivity index (χ4n) is 0.935. The number of rotatable bonds is 2. The van der Waals surface area contributed by atoms with Crippen molar-refractivity contribution in [3.63, 3.8) is 0 Å². The van der Waals surface area contributed by atoms with E-state index >= 15 is 0 Å². The molecule has 1 aromatic rings. The van der Waals surface area contributed by atoms with Gasteiger partial charge in [-0.15, -0.1) is 0 Å². The lowest BCUT2D eigenvalue weighted by Gasteiger charge is -2.00. The molecule has 67 valence electrons. The Morgan fingerprint density at radius 3 is 2.15 bits per heavy atom. The van der Waals surface area contributed by atoms with Gasteiger partial charge in [0.2, 0.25) is 0 Å². The molecule has 4 nitrogen and oxygen atoms in total. The Balaban J connectivity index is 3.20. The van der Waals surface area contributed by atoms with Crippen molar-refractivity contribution < 1.29 is 19.8 Å². The van der Waals surface area contributed by atoms with Crippen molar-refractivity contribution in [2.24, 2.45) is 0 Å². The van der Waals surface area contributed by atoms with Crippen LogP contribution in [0.15, 0.2) is 18.2 Å². The van der Waals surface area contributed by atoms with Gasteiger partial charge in [-0.2, -0.15) is 0 Å². The smallest absolute Gasteiger partial charge is 0.335 e. The lowest BCUT2D eigenvalue weighted by Crippen LogP contribution is -2.03. The van der Waals surface area contributed by atoms with E-state index in [1.54, 1.807) is 0 Å². The average molecular weight is 179 g/mol. The summed E-state index contributed by atoms with van der Waals surface area (Å²) >= 11 is 0. The third-order valence-electron chi connectivity index (χ3n) is 1.58. The minimum atomic E-state index is -1.11. The van der Waals surface area contributed by atoms with Gasteiger partial charge in [0, 0.05) is 0 Å². The molecular formula is C9H7O4. The highest BCUT2D eigenvalue weighted by atomic mass is 16.4. The number of carboxylic acids is 2. The fraction of sp³-hybridized carbons (Fsp3) is 0. The zero-order valence-corrected chi connectivity index (χ0v) is 6.65. The number of hydrogen-bond donors (Lipinski definition) is 2. The zero-order chi connectivity index (χ0) is 10.0. The topological polar surface area (TPSA) is 74.6 Å². The first-order valence-electron chi connectivity index (χ1n) is 3.45. The van der Waals surface area contributed by atoms with Crippen LogP contribution in [0.5, 0.6) is 0 Å². The van der Waals surface area contributed by atoms with Crippen LogP contribution in [0.4, 0.5) is 0 Å². The summed E-state index contributed by atoms with van der Waals surface area (Å²) in [5.41, 5.74) is 0.257. The maximum absolute atomic E-state index is 10.5. The maximum Gasteiger partial charge on any atom is 0.335 e. The molecule has 0 saturated heterocycles. The van der Waals surface area contributed by atoms with Crippen LogP contribution in [-0.4, -0.2) is 22.2 Å². The third-order valence-corrected chi connectivity index (χ3v) is 1.58. The zero-order valence-electron chi connectivity index (χ0n) is 6.65. The van der Waals surface area contributed by atoms with E-state index in [1.807, 2.05) is 0 Å². The number of carbonyl (C=O) groups is 2. The van der Waals surface area contributed by atoms with E-state index in [1.165, 1.54) is 18.2 Å². The molecule has 2 N–H and O–H groups in total. The van der Waals surface area contributed by atoms with Crippen molar-refractivity contribution in [2.45, 2.75) is 0 Å². The monoisotopic (exact) mass is 179 g/mol. The summed E-state index contributed by atoms with van der Waals surface area (Å²) in [4.78, 5) is 21.0. The molecule has 0 unspecified atom stereocenters. The van der Waals surface area contributed by atoms with Crippen LogP contribution in [0.1, 0.15) is 26.3 Å². The van der Waals surface area contributed by atoms with Crippen LogP contribution in [-0.2, 0) is 0 Å². The van der Waals surface area contributed by atoms with Gasteiger partial charge >= 0.3 is 11.9 Å². The molecule has 0 fully saturated rings. The van der Waals surface area contributed by atoms with Crippen molar-refractivity contribution >= 4 is 11.9 Å². The van der Waals surface area contributed by atoms with Gasteiger partial charge in [-0.3, -0.25) is 0 Å². The van der Waals surface area contributed by atoms with Gasteiger partial charge in [-0.25, -0.2) is 9.59 Å². The van der Waals surface area contributed by atoms with E-state index in [2.05, 4.69) is 6.92 Å². The minimum absolute atomic E-state index is 0.0185. The van der Waals surface area contributed by atoms with Crippen LogP contribution in [0.25, 0.3) is 0 Å². The Bertz CT molecular complexity index is 368. The van der Waals surface area contributed by atoms with Crippen LogP contribution in [0.2, 0.25) is 0 Å². The van der Waals surface area contributed by atoms with E-state index < -0.39 is 11.9 Å². The molecule has 0 amide bonds. The van der Waals surface area contributed by atoms with Gasteiger partial charge in [0.1, 0.15) is 0 Å². The minimum Gasteiger partial charge on any atom is -0.478 e. The molecule has 0 spiro atoms. The molecule has 0 bridgehead atoms. The van der Waals surface area contributed by atoms with Gasteiger partial charge < -0.3 is 10.2 Å². The van der Waals surface area contributed by atoms with E-state index in [9.17, 15) is 9.59 Å². The number of benzene rings is 1. The fourth-order valence-corrected chi connectivity index (χ4v) is 0.935. The summed E-state index contributed by atoms with van der Waals surface area (Å²) < 4.78 is 0. The molecule has 4 heteroatoms. The number of hydrogen-bond acceptors (Lipinski definition) is 2. The predicted octanol–water partition coefficient (Wildman–Crippen LogP) is 1.27. The van der Waals surface area contributed by atoms with Crippen LogP contribution < -0.4 is 0 Å². The van der Waals surface area contributed by atoms with Crippen molar-refractivity contribution in [2.75, 3.05) is 0 Å². The summed E-state index contributed by atoms with van der Waals surface area (Å²) in [6.07, 6.45) is 0. The van der Waals surface area contributed by atoms with Gasteiger partial charge in [-0.05, 0) is 30.7 Å². The van der Waals surface area contributed by atoms with Gasteiger partial charge in [0.05, 0.1) is 11.1 Å². The maximum atomic E-state index is 10.5. The molecule has 1 rings (SSSR count). The predicted molar refractivity (Wildman–Crippen MR) is 44.8 cm³/mol. The molecule has 1 radical (unpaired) electrons. The summed E-state index contributed by atoms with van der Waals surface area (Å²) in [5.74, 6) is -2.20.